The van der Waals surface area contributed by atoms with Gasteiger partial charge in [-0.25, -0.2) is 4.98 Å². The van der Waals surface area contributed by atoms with Crippen molar-refractivity contribution in [2.24, 2.45) is 0 Å². The molecule has 2 N–H and O–H groups in total. The Morgan fingerprint density at radius 2 is 1.92 bits per heavy atom. The van der Waals surface area contributed by atoms with Gasteiger partial charge in [-0.3, -0.25) is 4.79 Å². The maximum Gasteiger partial charge on any atom is 0.251 e. The monoisotopic (exact) mass is 334 g/mol. The number of carbonyl (C=O) groups is 1. The van der Waals surface area contributed by atoms with Crippen LogP contribution in [-0.4, -0.2) is 36.5 Å². The summed E-state index contributed by atoms with van der Waals surface area (Å²) < 4.78 is 0. The second-order valence-electron chi connectivity index (χ2n) is 6.07. The Hall–Kier alpha value is -3.08. The summed E-state index contributed by atoms with van der Waals surface area (Å²) in [7, 11) is 3.92. The zero-order chi connectivity index (χ0) is 17.6. The molecular formula is C20H22N4O. The summed E-state index contributed by atoms with van der Waals surface area (Å²) in [6.07, 6.45) is 2.53. The van der Waals surface area contributed by atoms with Gasteiger partial charge in [-0.1, -0.05) is 36.4 Å². The molecule has 128 valence electrons. The van der Waals surface area contributed by atoms with Crippen molar-refractivity contribution in [1.82, 2.24) is 15.3 Å². The molecule has 0 atom stereocenters. The normalized spacial score (nSPS) is 10.5. The summed E-state index contributed by atoms with van der Waals surface area (Å²) in [6.45, 7) is 0.557. The first-order chi connectivity index (χ1) is 12.1. The van der Waals surface area contributed by atoms with E-state index in [9.17, 15) is 4.79 Å². The van der Waals surface area contributed by atoms with Crippen LogP contribution in [0.15, 0.2) is 60.8 Å². The van der Waals surface area contributed by atoms with E-state index in [1.165, 1.54) is 0 Å². The van der Waals surface area contributed by atoms with Crippen molar-refractivity contribution < 1.29 is 4.79 Å². The van der Waals surface area contributed by atoms with E-state index in [0.717, 1.165) is 22.8 Å². The van der Waals surface area contributed by atoms with Crippen LogP contribution in [0.4, 0.5) is 5.69 Å². The van der Waals surface area contributed by atoms with E-state index < -0.39 is 0 Å². The predicted octanol–water partition coefficient (Wildman–Crippen LogP) is 3.12. The van der Waals surface area contributed by atoms with Crippen LogP contribution < -0.4 is 10.2 Å². The van der Waals surface area contributed by atoms with Gasteiger partial charge >= 0.3 is 0 Å². The molecule has 0 saturated heterocycles. The summed E-state index contributed by atoms with van der Waals surface area (Å²) >= 11 is 0. The molecule has 0 aliphatic carbocycles. The number of benzene rings is 2. The lowest BCUT2D eigenvalue weighted by atomic mass is 10.2. The highest BCUT2D eigenvalue weighted by Crippen LogP contribution is 2.15. The minimum Gasteiger partial charge on any atom is -0.378 e. The van der Waals surface area contributed by atoms with Crippen LogP contribution >= 0.6 is 0 Å². The number of nitrogens with zero attached hydrogens (tertiary/aromatic N) is 2. The number of anilines is 1. The Labute approximate surface area is 147 Å². The Morgan fingerprint density at radius 1 is 1.12 bits per heavy atom. The van der Waals surface area contributed by atoms with E-state index in [0.29, 0.717) is 18.5 Å². The van der Waals surface area contributed by atoms with E-state index in [-0.39, 0.29) is 5.91 Å². The van der Waals surface area contributed by atoms with Crippen molar-refractivity contribution >= 4 is 11.6 Å². The van der Waals surface area contributed by atoms with Crippen molar-refractivity contribution in [3.05, 3.63) is 72.1 Å². The fraction of sp³-hybridized carbons (Fsp3) is 0.200. The van der Waals surface area contributed by atoms with Crippen molar-refractivity contribution in [1.29, 1.82) is 0 Å². The summed E-state index contributed by atoms with van der Waals surface area (Å²) in [4.78, 5) is 22.0. The molecule has 1 aromatic heterocycles. The minimum absolute atomic E-state index is 0.0634. The molecular weight excluding hydrogens is 312 g/mol. The highest BCUT2D eigenvalue weighted by molar-refractivity contribution is 5.95. The number of imidazole rings is 1. The van der Waals surface area contributed by atoms with E-state index >= 15 is 0 Å². The Kier molecular flexibility index (Phi) is 5.14. The van der Waals surface area contributed by atoms with Crippen LogP contribution in [-0.2, 0) is 6.42 Å². The lowest BCUT2D eigenvalue weighted by molar-refractivity contribution is 0.0954. The largest absolute Gasteiger partial charge is 0.378 e. The topological polar surface area (TPSA) is 61.0 Å². The average Bonchev–Trinajstić information content (AvgIpc) is 3.11. The van der Waals surface area contributed by atoms with Crippen LogP contribution in [0.25, 0.3) is 11.4 Å². The second kappa shape index (κ2) is 7.66. The van der Waals surface area contributed by atoms with Gasteiger partial charge in [0.2, 0.25) is 0 Å². The number of nitrogens with one attached hydrogen (secondary N) is 2. The number of H-pyrrole nitrogens is 1. The van der Waals surface area contributed by atoms with E-state index in [1.54, 1.807) is 0 Å². The van der Waals surface area contributed by atoms with Crippen molar-refractivity contribution in [3.8, 4) is 11.4 Å². The lowest BCUT2D eigenvalue weighted by Crippen LogP contribution is -2.26. The van der Waals surface area contributed by atoms with Crippen molar-refractivity contribution in [2.45, 2.75) is 6.42 Å². The molecule has 1 heterocycles. The predicted molar refractivity (Wildman–Crippen MR) is 101 cm³/mol. The second-order valence-corrected chi connectivity index (χ2v) is 6.07. The molecule has 1 amide bonds. The Balaban J connectivity index is 1.55. The highest BCUT2D eigenvalue weighted by Gasteiger charge is 2.08. The standard InChI is InChI=1S/C20H22N4O/c1-24(2)18-10-6-9-16(13-18)20(25)21-12-11-17-14-22-19(23-17)15-7-4-3-5-8-15/h3-10,13-14H,11-12H2,1-2H3,(H,21,25)(H,22,23). The maximum absolute atomic E-state index is 12.3. The van der Waals surface area contributed by atoms with Gasteiger partial charge in [-0.05, 0) is 18.2 Å². The first-order valence-electron chi connectivity index (χ1n) is 8.28. The van der Waals surface area contributed by atoms with Gasteiger partial charge in [-0.2, -0.15) is 0 Å². The number of hydrogen-bond acceptors (Lipinski definition) is 3. The first-order valence-corrected chi connectivity index (χ1v) is 8.28. The molecule has 2 aromatic carbocycles. The molecule has 0 radical (unpaired) electrons. The number of aromatic amines is 1. The molecule has 3 rings (SSSR count). The van der Waals surface area contributed by atoms with Gasteiger partial charge in [0.1, 0.15) is 5.82 Å². The maximum atomic E-state index is 12.3. The summed E-state index contributed by atoms with van der Waals surface area (Å²) in [5.74, 6) is 0.784. The molecule has 5 heteroatoms. The number of carbonyl (C=O) groups excluding carboxylic acids is 1. The van der Waals surface area contributed by atoms with Crippen LogP contribution in [0.2, 0.25) is 0 Å². The molecule has 0 unspecified atom stereocenters. The molecule has 0 saturated carbocycles. The number of amides is 1. The fourth-order valence-corrected chi connectivity index (χ4v) is 2.57. The SMILES string of the molecule is CN(C)c1cccc(C(=O)NCCc2cnc(-c3ccccc3)[nH]2)c1. The highest BCUT2D eigenvalue weighted by atomic mass is 16.1. The molecule has 0 aliphatic rings. The molecule has 0 spiro atoms. The van der Waals surface area contributed by atoms with Crippen LogP contribution in [0.5, 0.6) is 0 Å². The number of rotatable bonds is 6. The Bertz CT molecular complexity index is 840. The fourth-order valence-electron chi connectivity index (χ4n) is 2.57. The van der Waals surface area contributed by atoms with Gasteiger partial charge in [0.15, 0.2) is 0 Å². The first kappa shape index (κ1) is 16.8. The molecule has 25 heavy (non-hydrogen) atoms. The molecule has 5 nitrogen and oxygen atoms in total. The Morgan fingerprint density at radius 3 is 2.68 bits per heavy atom. The van der Waals surface area contributed by atoms with Crippen molar-refractivity contribution in [3.63, 3.8) is 0 Å². The van der Waals surface area contributed by atoms with Gasteiger partial charge in [0, 0.05) is 55.8 Å². The zero-order valence-corrected chi connectivity index (χ0v) is 14.5. The summed E-state index contributed by atoms with van der Waals surface area (Å²) in [6, 6.07) is 17.6. The minimum atomic E-state index is -0.0634. The molecule has 3 aromatic rings. The number of aromatic nitrogens is 2. The van der Waals surface area contributed by atoms with Gasteiger partial charge < -0.3 is 15.2 Å². The molecule has 0 bridgehead atoms. The van der Waals surface area contributed by atoms with Gasteiger partial charge in [0.05, 0.1) is 0 Å². The van der Waals surface area contributed by atoms with Crippen LogP contribution in [0.1, 0.15) is 16.1 Å². The average molecular weight is 334 g/mol. The zero-order valence-electron chi connectivity index (χ0n) is 14.5. The molecule has 0 fully saturated rings. The quantitative estimate of drug-likeness (QED) is 0.728. The summed E-state index contributed by atoms with van der Waals surface area (Å²) in [5.41, 5.74) is 3.73. The molecule has 0 aliphatic heterocycles. The van der Waals surface area contributed by atoms with Gasteiger partial charge in [0.25, 0.3) is 5.91 Å². The summed E-state index contributed by atoms with van der Waals surface area (Å²) in [5, 5.41) is 2.96. The third-order valence-corrected chi connectivity index (χ3v) is 3.98. The van der Waals surface area contributed by atoms with Crippen LogP contribution in [0, 0.1) is 0 Å². The van der Waals surface area contributed by atoms with Gasteiger partial charge in [-0.15, -0.1) is 0 Å². The lowest BCUT2D eigenvalue weighted by Gasteiger charge is -2.13. The van der Waals surface area contributed by atoms with Crippen molar-refractivity contribution in [2.75, 3.05) is 25.5 Å². The third kappa shape index (κ3) is 4.26. The smallest absolute Gasteiger partial charge is 0.251 e. The van der Waals surface area contributed by atoms with E-state index in [1.807, 2.05) is 79.8 Å². The van der Waals surface area contributed by atoms with Crippen LogP contribution in [0.3, 0.4) is 0 Å². The van der Waals surface area contributed by atoms with E-state index in [2.05, 4.69) is 15.3 Å². The van der Waals surface area contributed by atoms with E-state index in [4.69, 9.17) is 0 Å². The number of hydrogen-bond donors (Lipinski definition) is 2. The third-order valence-electron chi connectivity index (χ3n) is 3.98.